The van der Waals surface area contributed by atoms with Gasteiger partial charge < -0.3 is 20.9 Å². The summed E-state index contributed by atoms with van der Waals surface area (Å²) in [4.78, 5) is 58.4. The lowest BCUT2D eigenvalue weighted by Crippen LogP contribution is -2.65. The molecule has 9 fully saturated rings. The molecule has 4 bridgehead atoms. The molecule has 276 valence electrons. The Morgan fingerprint density at radius 2 is 1.48 bits per heavy atom. The van der Waals surface area contributed by atoms with Gasteiger partial charge >= 0.3 is 6.03 Å². The van der Waals surface area contributed by atoms with Crippen LogP contribution in [0, 0.1) is 45.3 Å². The molecule has 4 N–H and O–H groups in total. The number of urea groups is 1. The fourth-order valence-corrected chi connectivity index (χ4v) is 13.9. The van der Waals surface area contributed by atoms with Crippen molar-refractivity contribution in [2.45, 2.75) is 147 Å². The molecule has 1 heterocycles. The largest absolute Gasteiger partial charge is 0.339 e. The van der Waals surface area contributed by atoms with Gasteiger partial charge in [0.05, 0.1) is 5.25 Å². The average molecular weight is 712 g/mol. The number of rotatable bonds is 9. The van der Waals surface area contributed by atoms with Crippen molar-refractivity contribution >= 4 is 33.8 Å². The molecule has 2 spiro atoms. The van der Waals surface area contributed by atoms with Crippen molar-refractivity contribution < 1.29 is 27.6 Å². The molecule has 12 heteroatoms. The number of likely N-dealkylation sites (tertiary alicyclic amines) is 1. The summed E-state index contributed by atoms with van der Waals surface area (Å²) in [6.45, 7) is 14.6. The van der Waals surface area contributed by atoms with Gasteiger partial charge in [-0.3, -0.25) is 19.1 Å². The number of amides is 5. The number of nitrogens with one attached hydrogen (secondary N) is 4. The van der Waals surface area contributed by atoms with Gasteiger partial charge in [0.2, 0.25) is 21.8 Å². The van der Waals surface area contributed by atoms with E-state index in [9.17, 15) is 27.6 Å². The third-order valence-electron chi connectivity index (χ3n) is 15.5. The van der Waals surface area contributed by atoms with Crippen LogP contribution in [0.1, 0.15) is 118 Å². The minimum Gasteiger partial charge on any atom is -0.339 e. The maximum Gasteiger partial charge on any atom is 0.315 e. The first-order valence-electron chi connectivity index (χ1n) is 19.2. The van der Waals surface area contributed by atoms with Gasteiger partial charge in [-0.15, -0.1) is 6.58 Å². The van der Waals surface area contributed by atoms with E-state index in [1.807, 2.05) is 20.8 Å². The molecule has 1 aliphatic heterocycles. The number of hydrogen-bond donors (Lipinski definition) is 4. The number of hydrogen-bond acceptors (Lipinski definition) is 6. The van der Waals surface area contributed by atoms with E-state index in [1.165, 1.54) is 19.3 Å². The normalized spacial score (nSPS) is 40.5. The molecule has 0 radical (unpaired) electrons. The molecule has 8 saturated carbocycles. The zero-order chi connectivity index (χ0) is 35.9. The zero-order valence-electron chi connectivity index (χ0n) is 30.5. The Balaban J connectivity index is 1.05. The minimum atomic E-state index is -3.83. The smallest absolute Gasteiger partial charge is 0.315 e. The molecule has 11 nitrogen and oxygen atoms in total. The van der Waals surface area contributed by atoms with Crippen LogP contribution in [0.5, 0.6) is 0 Å². The second-order valence-corrected chi connectivity index (χ2v) is 21.6. The maximum atomic E-state index is 14.9. The van der Waals surface area contributed by atoms with E-state index in [1.54, 1.807) is 11.0 Å². The summed E-state index contributed by atoms with van der Waals surface area (Å²) in [6.07, 6.45) is 13.3. The van der Waals surface area contributed by atoms with Crippen LogP contribution < -0.4 is 20.7 Å². The maximum absolute atomic E-state index is 14.9. The van der Waals surface area contributed by atoms with Crippen LogP contribution in [0.3, 0.4) is 0 Å². The summed E-state index contributed by atoms with van der Waals surface area (Å²) in [5, 5.41) is 8.85. The van der Waals surface area contributed by atoms with Crippen molar-refractivity contribution in [3.63, 3.8) is 0 Å². The Kier molecular flexibility index (Phi) is 7.39. The van der Waals surface area contributed by atoms with E-state index in [-0.39, 0.29) is 40.1 Å². The Labute approximate surface area is 297 Å². The number of carbonyl (C=O) groups excluding carboxylic acids is 4. The first kappa shape index (κ1) is 34.5. The van der Waals surface area contributed by atoms with Crippen LogP contribution in [0.15, 0.2) is 12.7 Å². The highest BCUT2D eigenvalue weighted by atomic mass is 32.2. The fourth-order valence-electron chi connectivity index (χ4n) is 12.6. The molecule has 1 saturated heterocycles. The SMILES string of the molecule is C=C[C@@H]1C[C@]1(NC(=O)[C@@H]1C[C@@]2(CN1C(=O)[C@@H](NC(=O)NC13CC4CC(CC(C4)C1)C3)C(C)(C)C)C(C)(C)C21CCC1)C(=O)NS(=O)(=O)C1CC1. The van der Waals surface area contributed by atoms with Gasteiger partial charge in [0, 0.05) is 23.4 Å². The molecule has 8 aliphatic carbocycles. The summed E-state index contributed by atoms with van der Waals surface area (Å²) >= 11 is 0. The van der Waals surface area contributed by atoms with Crippen LogP contribution in [0.4, 0.5) is 4.79 Å². The lowest BCUT2D eigenvalue weighted by molar-refractivity contribution is -0.142. The minimum absolute atomic E-state index is 0.0464. The van der Waals surface area contributed by atoms with E-state index < -0.39 is 56.0 Å². The van der Waals surface area contributed by atoms with E-state index in [4.69, 9.17) is 0 Å². The third kappa shape index (κ3) is 4.95. The lowest BCUT2D eigenvalue weighted by Gasteiger charge is -2.56. The first-order valence-corrected chi connectivity index (χ1v) is 20.8. The standard InChI is InChI=1S/C38H57N5O6S/c1-7-25-19-38(25,31(46)42-50(48,49)26-9-10-26)40-29(44)27-20-37(34(5,6)36(37)11-8-12-36)21-43(27)30(45)28(33(2,3)4)39-32(47)41-35-16-22-13-23(17-35)15-24(14-22)18-35/h7,22-28H,1,8-21H2,2-6H3,(H,40,44)(H,42,46)(H2,39,41,47)/t22?,23?,24?,25-,27+,28-,35?,37-,38-/m1/s1. The Bertz CT molecular complexity index is 1610. The van der Waals surface area contributed by atoms with E-state index in [0.717, 1.165) is 38.5 Å². The van der Waals surface area contributed by atoms with Crippen molar-refractivity contribution in [2.24, 2.45) is 45.3 Å². The molecule has 9 aliphatic rings. The lowest BCUT2D eigenvalue weighted by atomic mass is 9.53. The highest BCUT2D eigenvalue weighted by Gasteiger charge is 2.85. The molecule has 0 aromatic rings. The molecular formula is C38H57N5O6S. The van der Waals surface area contributed by atoms with Crippen LogP contribution in [-0.2, 0) is 24.4 Å². The van der Waals surface area contributed by atoms with E-state index in [2.05, 4.69) is 41.1 Å². The van der Waals surface area contributed by atoms with Gasteiger partial charge in [-0.1, -0.05) is 47.1 Å². The zero-order valence-corrected chi connectivity index (χ0v) is 31.3. The summed E-state index contributed by atoms with van der Waals surface area (Å²) in [6, 6.07) is -2.07. The average Bonchev–Trinajstić information content (AvgIpc) is 3.91. The number of fused-ring (bicyclic) bond motifs is 1. The Morgan fingerprint density at radius 3 is 1.94 bits per heavy atom. The molecule has 50 heavy (non-hydrogen) atoms. The molecule has 5 amide bonds. The van der Waals surface area contributed by atoms with Gasteiger partial charge in [-0.2, -0.15) is 0 Å². The number of carbonyl (C=O) groups is 4. The second kappa shape index (κ2) is 10.7. The quantitative estimate of drug-likeness (QED) is 0.264. The third-order valence-corrected chi connectivity index (χ3v) is 17.3. The van der Waals surface area contributed by atoms with Gasteiger partial charge in [-0.25, -0.2) is 13.2 Å². The molecule has 0 aromatic carbocycles. The number of sulfonamides is 1. The highest BCUT2D eigenvalue weighted by molar-refractivity contribution is 7.91. The van der Waals surface area contributed by atoms with E-state index in [0.29, 0.717) is 43.6 Å². The molecule has 0 aromatic heterocycles. The molecular weight excluding hydrogens is 655 g/mol. The molecule has 9 rings (SSSR count). The van der Waals surface area contributed by atoms with Gasteiger partial charge in [0.15, 0.2) is 0 Å². The van der Waals surface area contributed by atoms with E-state index >= 15 is 0 Å². The van der Waals surface area contributed by atoms with Crippen LogP contribution in [0.25, 0.3) is 0 Å². The fraction of sp³-hybridized carbons (Fsp3) is 0.842. The Morgan fingerprint density at radius 1 is 0.880 bits per heavy atom. The predicted molar refractivity (Wildman–Crippen MR) is 188 cm³/mol. The number of nitrogens with zero attached hydrogens (tertiary/aromatic N) is 1. The van der Waals surface area contributed by atoms with Crippen molar-refractivity contribution in [2.75, 3.05) is 6.54 Å². The van der Waals surface area contributed by atoms with Crippen LogP contribution in [0.2, 0.25) is 0 Å². The van der Waals surface area contributed by atoms with Crippen molar-refractivity contribution in [3.05, 3.63) is 12.7 Å². The van der Waals surface area contributed by atoms with Crippen molar-refractivity contribution in [1.82, 2.24) is 25.6 Å². The summed E-state index contributed by atoms with van der Waals surface area (Å²) in [7, 11) is -3.83. The monoisotopic (exact) mass is 711 g/mol. The predicted octanol–water partition coefficient (Wildman–Crippen LogP) is 4.14. The molecule has 0 unspecified atom stereocenters. The summed E-state index contributed by atoms with van der Waals surface area (Å²) in [5.74, 6) is 0.0646. The van der Waals surface area contributed by atoms with Crippen molar-refractivity contribution in [1.29, 1.82) is 0 Å². The second-order valence-electron chi connectivity index (χ2n) is 19.6. The van der Waals surface area contributed by atoms with Crippen molar-refractivity contribution in [3.8, 4) is 0 Å². The van der Waals surface area contributed by atoms with Crippen LogP contribution in [-0.4, -0.2) is 72.0 Å². The highest BCUT2D eigenvalue weighted by Crippen LogP contribution is 2.88. The summed E-state index contributed by atoms with van der Waals surface area (Å²) < 4.78 is 27.7. The van der Waals surface area contributed by atoms with Crippen LogP contribution >= 0.6 is 0 Å². The summed E-state index contributed by atoms with van der Waals surface area (Å²) in [5.41, 5.74) is -2.59. The first-order chi connectivity index (χ1) is 23.3. The topological polar surface area (TPSA) is 154 Å². The van der Waals surface area contributed by atoms with Gasteiger partial charge in [0.25, 0.3) is 5.91 Å². The van der Waals surface area contributed by atoms with Gasteiger partial charge in [-0.05, 0) is 111 Å². The Hall–Kier alpha value is -2.63. The molecule has 5 atom stereocenters. The van der Waals surface area contributed by atoms with Gasteiger partial charge in [0.1, 0.15) is 17.6 Å².